The van der Waals surface area contributed by atoms with Crippen LogP contribution in [-0.4, -0.2) is 160 Å². The maximum Gasteiger partial charge on any atom is 0.326 e. The molecule has 75 heavy (non-hydrogen) atoms. The van der Waals surface area contributed by atoms with E-state index in [0.29, 0.717) is 11.1 Å². The summed E-state index contributed by atoms with van der Waals surface area (Å²) in [5, 5.41) is 51.1. The third-order valence-electron chi connectivity index (χ3n) is 11.3. The van der Waals surface area contributed by atoms with Crippen LogP contribution >= 0.6 is 0 Å². The first-order valence-corrected chi connectivity index (χ1v) is 24.0. The number of benzene rings is 2. The molecule has 0 unspecified atom stereocenters. The SMILES string of the molecule is CC[C@H](C)[C@H](NC(=O)[C@H](Cc1ccccc1)NC(=O)CNC(=O)CNC(=O)[C@H](C)NC(=O)[C@H](Cc1ccccc1)NC(=O)[C@@H](NC(=O)[C@H](C)N)[C@@H](C)O)C(=O)N[C@@H](CC(=O)O)C(=O)N[C@@H](CCCN=C(N)N)C(=O)O. The first-order chi connectivity index (χ1) is 35.3. The van der Waals surface area contributed by atoms with Crippen molar-refractivity contribution in [2.45, 2.75) is 128 Å². The number of carbonyl (C=O) groups is 11. The zero-order valence-corrected chi connectivity index (χ0v) is 42.4. The van der Waals surface area contributed by atoms with Crippen molar-refractivity contribution >= 4 is 71.1 Å². The molecule has 412 valence electrons. The number of guanidine groups is 1. The molecular formula is C48H71N13O14. The Morgan fingerprint density at radius 3 is 1.55 bits per heavy atom. The molecule has 0 fully saturated rings. The second-order valence-corrected chi connectivity index (χ2v) is 17.7. The van der Waals surface area contributed by atoms with Crippen LogP contribution in [-0.2, 0) is 65.6 Å². The van der Waals surface area contributed by atoms with E-state index in [9.17, 15) is 68.1 Å². The van der Waals surface area contributed by atoms with E-state index < -0.39 is 145 Å². The van der Waals surface area contributed by atoms with Gasteiger partial charge in [-0.15, -0.1) is 0 Å². The molecule has 27 heteroatoms. The maximum atomic E-state index is 14.0. The van der Waals surface area contributed by atoms with E-state index in [1.807, 2.05) is 0 Å². The zero-order chi connectivity index (χ0) is 56.4. The van der Waals surface area contributed by atoms with Crippen LogP contribution < -0.4 is 65.1 Å². The van der Waals surface area contributed by atoms with Gasteiger partial charge in [0.15, 0.2) is 5.96 Å². The molecular weight excluding hydrogens is 983 g/mol. The molecule has 0 bridgehead atoms. The standard InChI is InChI=1S/C48H71N13O14/c1-6-25(2)38(45(72)59-34(22-37(65)66)43(70)57-31(47(74)75)18-13-19-52-48(50)51)60-44(71)32(20-29-14-9-7-10-15-29)56-36(64)24-53-35(63)23-54-41(68)27(4)55-42(69)33(21-30-16-11-8-12-17-30)58-46(73)39(28(5)62)61-40(67)26(3)49/h7-12,14-17,25-28,31-34,38-39,62H,6,13,18-24,49H2,1-5H3,(H,53,63)(H,54,68)(H,55,69)(H,56,64)(H,57,70)(H,58,73)(H,59,72)(H,60,71)(H,61,67)(H,65,66)(H,74,75)(H4,50,51,52)/t25-,26-,27-,28+,31-,32-,33-,34-,38-,39-/m0/s1. The Bertz CT molecular complexity index is 2320. The van der Waals surface area contributed by atoms with Crippen LogP contribution in [0.15, 0.2) is 65.7 Å². The number of nitrogens with one attached hydrogen (secondary N) is 9. The fourth-order valence-corrected chi connectivity index (χ4v) is 6.89. The molecule has 2 aromatic rings. The minimum Gasteiger partial charge on any atom is -0.481 e. The van der Waals surface area contributed by atoms with Crippen LogP contribution in [0.3, 0.4) is 0 Å². The van der Waals surface area contributed by atoms with Gasteiger partial charge in [-0.2, -0.15) is 0 Å². The number of aliphatic carboxylic acids is 2. The fourth-order valence-electron chi connectivity index (χ4n) is 6.89. The molecule has 2 aromatic carbocycles. The van der Waals surface area contributed by atoms with Crippen molar-refractivity contribution in [1.29, 1.82) is 0 Å². The third kappa shape index (κ3) is 23.5. The minimum atomic E-state index is -1.79. The van der Waals surface area contributed by atoms with Crippen molar-refractivity contribution in [2.24, 2.45) is 28.1 Å². The van der Waals surface area contributed by atoms with E-state index in [-0.39, 0.29) is 44.6 Å². The van der Waals surface area contributed by atoms with E-state index in [2.05, 4.69) is 52.8 Å². The Kier molecular flexibility index (Phi) is 26.9. The Labute approximate surface area is 433 Å². The highest BCUT2D eigenvalue weighted by Gasteiger charge is 2.35. The van der Waals surface area contributed by atoms with Gasteiger partial charge >= 0.3 is 11.9 Å². The van der Waals surface area contributed by atoms with Gasteiger partial charge in [0.2, 0.25) is 53.2 Å². The topological polar surface area (TPSA) is 447 Å². The normalized spacial score (nSPS) is 14.8. The quantitative estimate of drug-likeness (QED) is 0.0187. The molecule has 0 aromatic heterocycles. The van der Waals surface area contributed by atoms with Crippen LogP contribution in [0.25, 0.3) is 0 Å². The van der Waals surface area contributed by atoms with Crippen LogP contribution in [0, 0.1) is 5.92 Å². The molecule has 0 spiro atoms. The first kappa shape index (κ1) is 62.9. The zero-order valence-electron chi connectivity index (χ0n) is 42.4. The number of aliphatic hydroxyl groups is 1. The third-order valence-corrected chi connectivity index (χ3v) is 11.3. The number of rotatable bonds is 32. The summed E-state index contributed by atoms with van der Waals surface area (Å²) in [6.45, 7) is 5.88. The van der Waals surface area contributed by atoms with Gasteiger partial charge in [0.05, 0.1) is 31.7 Å². The van der Waals surface area contributed by atoms with Crippen molar-refractivity contribution in [1.82, 2.24) is 47.9 Å². The number of carbonyl (C=O) groups excluding carboxylic acids is 9. The number of carboxylic acid groups (broad SMARTS) is 2. The summed E-state index contributed by atoms with van der Waals surface area (Å²) in [4.78, 5) is 147. The molecule has 0 saturated carbocycles. The number of hydrogen-bond acceptors (Lipinski definition) is 14. The highest BCUT2D eigenvalue weighted by Crippen LogP contribution is 2.12. The lowest BCUT2D eigenvalue weighted by molar-refractivity contribution is -0.144. The molecule has 2 rings (SSSR count). The van der Waals surface area contributed by atoms with Gasteiger partial charge < -0.3 is 80.4 Å². The van der Waals surface area contributed by atoms with Crippen LogP contribution in [0.5, 0.6) is 0 Å². The summed E-state index contributed by atoms with van der Waals surface area (Å²) in [6, 6.07) is 5.74. The summed E-state index contributed by atoms with van der Waals surface area (Å²) >= 11 is 0. The first-order valence-electron chi connectivity index (χ1n) is 24.0. The number of amides is 9. The summed E-state index contributed by atoms with van der Waals surface area (Å²) in [5.74, 6) is -11.9. The molecule has 18 N–H and O–H groups in total. The van der Waals surface area contributed by atoms with Crippen molar-refractivity contribution in [2.75, 3.05) is 19.6 Å². The number of nitrogens with two attached hydrogens (primary N) is 3. The summed E-state index contributed by atoms with van der Waals surface area (Å²) in [7, 11) is 0. The molecule has 27 nitrogen and oxygen atoms in total. The number of carboxylic acids is 2. The second kappa shape index (κ2) is 32.1. The van der Waals surface area contributed by atoms with Crippen molar-refractivity contribution < 1.29 is 68.1 Å². The van der Waals surface area contributed by atoms with Gasteiger partial charge in [-0.05, 0) is 50.7 Å². The van der Waals surface area contributed by atoms with E-state index >= 15 is 0 Å². The van der Waals surface area contributed by atoms with Crippen molar-refractivity contribution in [3.63, 3.8) is 0 Å². The summed E-state index contributed by atoms with van der Waals surface area (Å²) in [6.07, 6.45) is -2.27. The highest BCUT2D eigenvalue weighted by atomic mass is 16.4. The summed E-state index contributed by atoms with van der Waals surface area (Å²) in [5.41, 5.74) is 17.4. The van der Waals surface area contributed by atoms with Gasteiger partial charge in [-0.3, -0.25) is 52.9 Å². The minimum absolute atomic E-state index is 0.0387. The Balaban J connectivity index is 2.15. The fraction of sp³-hybridized carbons (Fsp3) is 0.500. The predicted molar refractivity (Wildman–Crippen MR) is 270 cm³/mol. The molecule has 0 saturated heterocycles. The lowest BCUT2D eigenvalue weighted by Gasteiger charge is -2.28. The lowest BCUT2D eigenvalue weighted by Crippen LogP contribution is -2.60. The van der Waals surface area contributed by atoms with E-state index in [4.69, 9.17) is 17.2 Å². The Morgan fingerprint density at radius 2 is 1.04 bits per heavy atom. The van der Waals surface area contributed by atoms with E-state index in [1.54, 1.807) is 74.5 Å². The van der Waals surface area contributed by atoms with Gasteiger partial charge in [0.25, 0.3) is 0 Å². The molecule has 0 aliphatic heterocycles. The average Bonchev–Trinajstić information content (AvgIpc) is 3.35. The average molecular weight is 1050 g/mol. The number of hydrogen-bond donors (Lipinski definition) is 15. The molecule has 10 atom stereocenters. The largest absolute Gasteiger partial charge is 0.481 e. The van der Waals surface area contributed by atoms with Crippen LogP contribution in [0.1, 0.15) is 71.4 Å². The Hall–Kier alpha value is -8.20. The van der Waals surface area contributed by atoms with Crippen molar-refractivity contribution in [3.8, 4) is 0 Å². The van der Waals surface area contributed by atoms with Gasteiger partial charge in [0.1, 0.15) is 42.3 Å². The van der Waals surface area contributed by atoms with Gasteiger partial charge in [0, 0.05) is 19.4 Å². The molecule has 0 heterocycles. The van der Waals surface area contributed by atoms with Gasteiger partial charge in [-0.1, -0.05) is 80.9 Å². The molecule has 9 amide bonds. The van der Waals surface area contributed by atoms with Crippen molar-refractivity contribution in [3.05, 3.63) is 71.8 Å². The lowest BCUT2D eigenvalue weighted by atomic mass is 9.96. The summed E-state index contributed by atoms with van der Waals surface area (Å²) < 4.78 is 0. The second-order valence-electron chi connectivity index (χ2n) is 17.7. The van der Waals surface area contributed by atoms with E-state index in [0.717, 1.165) is 0 Å². The Morgan fingerprint density at radius 1 is 0.560 bits per heavy atom. The van der Waals surface area contributed by atoms with E-state index in [1.165, 1.54) is 20.8 Å². The number of aliphatic hydroxyl groups excluding tert-OH is 1. The van der Waals surface area contributed by atoms with Gasteiger partial charge in [-0.25, -0.2) is 4.79 Å². The highest BCUT2D eigenvalue weighted by molar-refractivity contribution is 5.98. The molecule has 0 radical (unpaired) electrons. The number of aliphatic imine (C=N–C) groups is 1. The predicted octanol–water partition coefficient (Wildman–Crippen LogP) is -4.50. The number of nitrogens with zero attached hydrogens (tertiary/aromatic N) is 1. The van der Waals surface area contributed by atoms with Crippen LogP contribution in [0.2, 0.25) is 0 Å². The molecule has 0 aliphatic rings. The molecule has 0 aliphatic carbocycles. The smallest absolute Gasteiger partial charge is 0.326 e. The monoisotopic (exact) mass is 1050 g/mol. The maximum absolute atomic E-state index is 14.0. The van der Waals surface area contributed by atoms with Crippen LogP contribution in [0.4, 0.5) is 0 Å².